The van der Waals surface area contributed by atoms with Gasteiger partial charge in [0, 0.05) is 16.3 Å². The number of hydrogen-bond donors (Lipinski definition) is 0. The zero-order valence-corrected chi connectivity index (χ0v) is 12.3. The molecule has 0 saturated heterocycles. The van der Waals surface area contributed by atoms with Gasteiger partial charge in [-0.25, -0.2) is 8.78 Å². The van der Waals surface area contributed by atoms with Crippen LogP contribution in [0.2, 0.25) is 5.02 Å². The van der Waals surface area contributed by atoms with E-state index in [0.717, 1.165) is 10.5 Å². The lowest BCUT2D eigenvalue weighted by Gasteiger charge is -2.31. The molecule has 1 atom stereocenters. The summed E-state index contributed by atoms with van der Waals surface area (Å²) in [6.07, 6.45) is -0.563. The van der Waals surface area contributed by atoms with Gasteiger partial charge in [0.05, 0.1) is 6.54 Å². The van der Waals surface area contributed by atoms with Crippen molar-refractivity contribution in [3.05, 3.63) is 40.4 Å². The monoisotopic (exact) mass is 319 g/mol. The number of nitrogens with zero attached hydrogens (tertiary/aromatic N) is 1. The van der Waals surface area contributed by atoms with E-state index in [1.165, 1.54) is 0 Å². The highest BCUT2D eigenvalue weighted by Crippen LogP contribution is 2.31. The second-order valence-corrected chi connectivity index (χ2v) is 5.56. The van der Waals surface area contributed by atoms with Crippen molar-refractivity contribution in [2.75, 3.05) is 6.54 Å². The molecule has 0 bridgehead atoms. The molecule has 1 unspecified atom stereocenters. The van der Waals surface area contributed by atoms with E-state index in [2.05, 4.69) is 0 Å². The van der Waals surface area contributed by atoms with Gasteiger partial charge < -0.3 is 4.90 Å². The molecular weight excluding hydrogens is 307 g/mol. The van der Waals surface area contributed by atoms with Crippen LogP contribution in [0.5, 0.6) is 0 Å². The van der Waals surface area contributed by atoms with E-state index in [9.17, 15) is 13.6 Å². The third-order valence-electron chi connectivity index (χ3n) is 3.13. The minimum Gasteiger partial charge on any atom is -0.305 e. The van der Waals surface area contributed by atoms with Gasteiger partial charge in [0.25, 0.3) is 6.43 Å². The highest BCUT2D eigenvalue weighted by Gasteiger charge is 2.31. The van der Waals surface area contributed by atoms with Gasteiger partial charge in [-0.2, -0.15) is 0 Å². The van der Waals surface area contributed by atoms with Gasteiger partial charge >= 0.3 is 0 Å². The molecule has 1 aliphatic heterocycles. The number of carbonyl (C=O) groups excluding carboxylic acids is 1. The van der Waals surface area contributed by atoms with E-state index in [1.807, 2.05) is 6.92 Å². The molecule has 108 valence electrons. The fraction of sp³-hybridized carbons (Fsp3) is 0.357. The predicted octanol–water partition coefficient (Wildman–Crippen LogP) is 4.09. The number of allylic oxidation sites excluding steroid dienone is 1. The summed E-state index contributed by atoms with van der Waals surface area (Å²) in [5, 5.41) is -0.227. The van der Waals surface area contributed by atoms with Crippen molar-refractivity contribution in [1.29, 1.82) is 0 Å². The quantitative estimate of drug-likeness (QED) is 0.768. The fourth-order valence-electron chi connectivity index (χ4n) is 2.21. The van der Waals surface area contributed by atoms with Crippen LogP contribution in [-0.2, 0) is 4.79 Å². The highest BCUT2D eigenvalue weighted by molar-refractivity contribution is 6.32. The van der Waals surface area contributed by atoms with Crippen LogP contribution in [0.1, 0.15) is 17.5 Å². The molecule has 20 heavy (non-hydrogen) atoms. The highest BCUT2D eigenvalue weighted by atomic mass is 35.5. The summed E-state index contributed by atoms with van der Waals surface area (Å²) in [6, 6.07) is 5.13. The Labute approximate surface area is 126 Å². The minimum absolute atomic E-state index is 0.331. The molecule has 0 N–H and O–H groups in total. The number of hydrogen-bond acceptors (Lipinski definition) is 1. The van der Waals surface area contributed by atoms with Crippen molar-refractivity contribution >= 4 is 34.8 Å². The van der Waals surface area contributed by atoms with Gasteiger partial charge in [0.15, 0.2) is 0 Å². The molecule has 1 aromatic rings. The topological polar surface area (TPSA) is 20.3 Å². The summed E-state index contributed by atoms with van der Waals surface area (Å²) >= 11 is 11.7. The molecular formula is C14H13Cl2F2NO. The first-order valence-electron chi connectivity index (χ1n) is 6.10. The van der Waals surface area contributed by atoms with E-state index in [-0.39, 0.29) is 0 Å². The average Bonchev–Trinajstić information content (AvgIpc) is 2.36. The number of alkyl halides is 3. The van der Waals surface area contributed by atoms with Crippen molar-refractivity contribution in [1.82, 2.24) is 4.90 Å². The Kier molecular flexibility index (Phi) is 4.66. The van der Waals surface area contributed by atoms with Crippen LogP contribution in [0.4, 0.5) is 8.78 Å². The first kappa shape index (κ1) is 15.3. The third-order valence-corrected chi connectivity index (χ3v) is 3.73. The second-order valence-electron chi connectivity index (χ2n) is 4.59. The summed E-state index contributed by atoms with van der Waals surface area (Å²) in [6.45, 7) is 1.16. The molecule has 1 amide bonds. The van der Waals surface area contributed by atoms with E-state index >= 15 is 0 Å². The lowest BCUT2D eigenvalue weighted by molar-refractivity contribution is -0.129. The summed E-state index contributed by atoms with van der Waals surface area (Å²) in [4.78, 5) is 13.1. The van der Waals surface area contributed by atoms with E-state index in [0.29, 0.717) is 22.7 Å². The van der Waals surface area contributed by atoms with Crippen LogP contribution in [0.25, 0.3) is 5.70 Å². The Hall–Kier alpha value is -1.13. The van der Waals surface area contributed by atoms with Gasteiger partial charge in [-0.15, -0.1) is 11.6 Å². The number of aryl methyl sites for hydroxylation is 1. The van der Waals surface area contributed by atoms with Crippen molar-refractivity contribution < 1.29 is 13.6 Å². The molecule has 0 aliphatic carbocycles. The van der Waals surface area contributed by atoms with Gasteiger partial charge in [-0.3, -0.25) is 4.79 Å². The predicted molar refractivity (Wildman–Crippen MR) is 76.1 cm³/mol. The molecule has 2 rings (SSSR count). The molecule has 0 aromatic heterocycles. The lowest BCUT2D eigenvalue weighted by Crippen LogP contribution is -2.41. The van der Waals surface area contributed by atoms with Crippen molar-refractivity contribution in [3.8, 4) is 0 Å². The largest absolute Gasteiger partial charge is 0.305 e. The first-order valence-corrected chi connectivity index (χ1v) is 6.92. The van der Waals surface area contributed by atoms with Gasteiger partial charge in [-0.1, -0.05) is 23.7 Å². The van der Waals surface area contributed by atoms with Crippen LogP contribution in [0.15, 0.2) is 24.3 Å². The van der Waals surface area contributed by atoms with Crippen molar-refractivity contribution in [2.24, 2.45) is 0 Å². The fourth-order valence-corrected chi connectivity index (χ4v) is 2.64. The van der Waals surface area contributed by atoms with Crippen LogP contribution in [0.3, 0.4) is 0 Å². The molecule has 0 radical (unpaired) electrons. The van der Waals surface area contributed by atoms with E-state index in [4.69, 9.17) is 23.2 Å². The Balaban J connectivity index is 2.43. The molecule has 6 heteroatoms. The smallest absolute Gasteiger partial charge is 0.256 e. The number of halogens is 4. The zero-order chi connectivity index (χ0) is 14.9. The third kappa shape index (κ3) is 3.13. The summed E-state index contributed by atoms with van der Waals surface area (Å²) in [7, 11) is 0. The molecule has 0 spiro atoms. The normalized spacial score (nSPS) is 19.5. The summed E-state index contributed by atoms with van der Waals surface area (Å²) in [5.41, 5.74) is 2.01. The molecule has 1 aromatic carbocycles. The lowest BCUT2D eigenvalue weighted by atomic mass is 10.00. The SMILES string of the molecule is Cc1cc(Cl)ccc1C1=CCC(Cl)C(=O)N1CC(F)F. The maximum atomic E-state index is 12.7. The number of benzene rings is 1. The number of rotatable bonds is 3. The Bertz CT molecular complexity index is 560. The molecule has 2 nitrogen and oxygen atoms in total. The van der Waals surface area contributed by atoms with Crippen molar-refractivity contribution in [3.63, 3.8) is 0 Å². The molecule has 1 aliphatic rings. The summed E-state index contributed by atoms with van der Waals surface area (Å²) in [5.74, 6) is -0.487. The number of carbonyl (C=O) groups is 1. The van der Waals surface area contributed by atoms with Gasteiger partial charge in [0.2, 0.25) is 5.91 Å². The number of amides is 1. The zero-order valence-electron chi connectivity index (χ0n) is 10.7. The maximum absolute atomic E-state index is 12.7. The summed E-state index contributed by atoms with van der Waals surface area (Å²) < 4.78 is 25.4. The van der Waals surface area contributed by atoms with E-state index in [1.54, 1.807) is 24.3 Å². The molecule has 0 saturated carbocycles. The Morgan fingerprint density at radius 2 is 2.15 bits per heavy atom. The molecule has 0 fully saturated rings. The van der Waals surface area contributed by atoms with Gasteiger partial charge in [-0.05, 0) is 31.0 Å². The average molecular weight is 320 g/mol. The van der Waals surface area contributed by atoms with E-state index < -0.39 is 24.3 Å². The second kappa shape index (κ2) is 6.10. The van der Waals surface area contributed by atoms with Crippen LogP contribution in [-0.4, -0.2) is 29.2 Å². The van der Waals surface area contributed by atoms with Crippen LogP contribution >= 0.6 is 23.2 Å². The van der Waals surface area contributed by atoms with Crippen LogP contribution < -0.4 is 0 Å². The first-order chi connectivity index (χ1) is 9.40. The Morgan fingerprint density at radius 3 is 2.75 bits per heavy atom. The van der Waals surface area contributed by atoms with Gasteiger partial charge in [0.1, 0.15) is 5.38 Å². The van der Waals surface area contributed by atoms with Crippen molar-refractivity contribution in [2.45, 2.75) is 25.1 Å². The standard InChI is InChI=1S/C14H13Cl2F2NO/c1-8-6-9(15)2-3-10(8)12-5-4-11(16)14(20)19(12)7-13(17)18/h2-3,5-6,11,13H,4,7H2,1H3. The molecule has 1 heterocycles. The Morgan fingerprint density at radius 1 is 1.45 bits per heavy atom. The van der Waals surface area contributed by atoms with Crippen LogP contribution in [0, 0.1) is 6.92 Å². The maximum Gasteiger partial charge on any atom is 0.256 e. The minimum atomic E-state index is -2.61.